The highest BCUT2D eigenvalue weighted by molar-refractivity contribution is 9.10. The van der Waals surface area contributed by atoms with E-state index in [4.69, 9.17) is 11.6 Å². The number of benzene rings is 2. The van der Waals surface area contributed by atoms with Gasteiger partial charge in [-0.15, -0.1) is 0 Å². The zero-order chi connectivity index (χ0) is 14.5. The molecule has 106 valence electrons. The van der Waals surface area contributed by atoms with E-state index in [1.807, 2.05) is 12.1 Å². The van der Waals surface area contributed by atoms with Crippen molar-refractivity contribution in [1.29, 1.82) is 0 Å². The van der Waals surface area contributed by atoms with Crippen LogP contribution in [0.15, 0.2) is 51.8 Å². The second kappa shape index (κ2) is 7.29. The Kier molecular flexibility index (Phi) is 5.69. The summed E-state index contributed by atoms with van der Waals surface area (Å²) in [5, 5.41) is 3.77. The molecular weight excluding hydrogens is 368 g/mol. The molecule has 0 unspecified atom stereocenters. The molecule has 0 spiro atoms. The molecule has 0 fully saturated rings. The third-order valence-corrected chi connectivity index (χ3v) is 4.22. The van der Waals surface area contributed by atoms with Crippen LogP contribution >= 0.6 is 39.3 Å². The third kappa shape index (κ3) is 4.36. The maximum atomic E-state index is 12.5. The van der Waals surface area contributed by atoms with Gasteiger partial charge in [-0.25, -0.2) is 0 Å². The molecule has 0 aliphatic carbocycles. The van der Waals surface area contributed by atoms with Crippen molar-refractivity contribution in [3.05, 3.63) is 57.5 Å². The fraction of sp³-hybridized carbons (Fsp3) is 0.143. The van der Waals surface area contributed by atoms with Crippen molar-refractivity contribution in [3.8, 4) is 0 Å². The molecule has 0 aliphatic heterocycles. The monoisotopic (exact) mass is 377 g/mol. The highest BCUT2D eigenvalue weighted by Crippen LogP contribution is 2.32. The van der Waals surface area contributed by atoms with Crippen molar-refractivity contribution in [2.75, 3.05) is 5.32 Å². The van der Waals surface area contributed by atoms with Crippen LogP contribution in [0.2, 0.25) is 5.02 Å². The van der Waals surface area contributed by atoms with E-state index in [1.54, 1.807) is 30.3 Å². The molecule has 2 aromatic rings. The number of nitrogens with one attached hydrogen (secondary N) is 1. The quantitative estimate of drug-likeness (QED) is 0.638. The molecular formula is C14H11BrClF2NS. The van der Waals surface area contributed by atoms with Crippen LogP contribution in [0, 0.1) is 0 Å². The summed E-state index contributed by atoms with van der Waals surface area (Å²) in [6, 6.07) is 12.6. The Morgan fingerprint density at radius 1 is 1.20 bits per heavy atom. The van der Waals surface area contributed by atoms with Gasteiger partial charge in [0.2, 0.25) is 0 Å². The summed E-state index contributed by atoms with van der Waals surface area (Å²) in [6.07, 6.45) is 0. The van der Waals surface area contributed by atoms with E-state index in [9.17, 15) is 8.78 Å². The van der Waals surface area contributed by atoms with Crippen LogP contribution in [-0.2, 0) is 6.54 Å². The highest BCUT2D eigenvalue weighted by Gasteiger charge is 2.09. The SMILES string of the molecule is FC(F)Sc1ccccc1NCc1ccc(Br)cc1Cl. The minimum Gasteiger partial charge on any atom is -0.380 e. The molecule has 2 aromatic carbocycles. The molecule has 0 atom stereocenters. The third-order valence-electron chi connectivity index (χ3n) is 2.59. The van der Waals surface area contributed by atoms with E-state index in [1.165, 1.54) is 0 Å². The Morgan fingerprint density at radius 3 is 2.65 bits per heavy atom. The molecule has 0 aromatic heterocycles. The average molecular weight is 379 g/mol. The van der Waals surface area contributed by atoms with E-state index in [2.05, 4.69) is 21.2 Å². The number of thioether (sulfide) groups is 1. The number of alkyl halides is 2. The van der Waals surface area contributed by atoms with Crippen LogP contribution in [-0.4, -0.2) is 5.76 Å². The molecule has 2 rings (SSSR count). The van der Waals surface area contributed by atoms with E-state index in [0.29, 0.717) is 33.9 Å². The molecule has 0 heterocycles. The first kappa shape index (κ1) is 15.6. The predicted molar refractivity (Wildman–Crippen MR) is 84.8 cm³/mol. The number of halogens is 4. The van der Waals surface area contributed by atoms with Crippen LogP contribution in [0.25, 0.3) is 0 Å². The van der Waals surface area contributed by atoms with Gasteiger partial charge in [0.1, 0.15) is 0 Å². The number of para-hydroxylation sites is 1. The highest BCUT2D eigenvalue weighted by atomic mass is 79.9. The Hall–Kier alpha value is -0.780. The van der Waals surface area contributed by atoms with Crippen LogP contribution in [0.4, 0.5) is 14.5 Å². The Morgan fingerprint density at radius 2 is 1.95 bits per heavy atom. The van der Waals surface area contributed by atoms with Gasteiger partial charge in [0.25, 0.3) is 5.76 Å². The first-order chi connectivity index (χ1) is 9.56. The lowest BCUT2D eigenvalue weighted by atomic mass is 10.2. The molecule has 1 N–H and O–H groups in total. The zero-order valence-electron chi connectivity index (χ0n) is 10.2. The fourth-order valence-corrected chi connectivity index (χ4v) is 3.02. The van der Waals surface area contributed by atoms with Crippen LogP contribution in [0.5, 0.6) is 0 Å². The molecule has 1 nitrogen and oxygen atoms in total. The first-order valence-corrected chi connectivity index (χ1v) is 7.83. The second-order valence-electron chi connectivity index (χ2n) is 3.96. The molecule has 0 aliphatic rings. The fourth-order valence-electron chi connectivity index (χ4n) is 1.67. The van der Waals surface area contributed by atoms with Crippen LogP contribution < -0.4 is 5.32 Å². The topological polar surface area (TPSA) is 12.0 Å². The Bertz CT molecular complexity index is 595. The molecule has 0 saturated carbocycles. The zero-order valence-corrected chi connectivity index (χ0v) is 13.4. The van der Waals surface area contributed by atoms with Gasteiger partial charge in [-0.2, -0.15) is 8.78 Å². The van der Waals surface area contributed by atoms with Crippen LogP contribution in [0.1, 0.15) is 5.56 Å². The van der Waals surface area contributed by atoms with Crippen LogP contribution in [0.3, 0.4) is 0 Å². The predicted octanol–water partition coefficient (Wildman–Crippen LogP) is 6.03. The van der Waals surface area contributed by atoms with Gasteiger partial charge >= 0.3 is 0 Å². The summed E-state index contributed by atoms with van der Waals surface area (Å²) < 4.78 is 25.9. The summed E-state index contributed by atoms with van der Waals surface area (Å²) in [7, 11) is 0. The molecule has 6 heteroatoms. The molecule has 0 bridgehead atoms. The molecule has 0 amide bonds. The van der Waals surface area contributed by atoms with Crippen molar-refractivity contribution in [2.45, 2.75) is 17.2 Å². The van der Waals surface area contributed by atoms with Gasteiger partial charge < -0.3 is 5.32 Å². The van der Waals surface area contributed by atoms with Crippen molar-refractivity contribution < 1.29 is 8.78 Å². The van der Waals surface area contributed by atoms with Gasteiger partial charge in [0.05, 0.1) is 0 Å². The molecule has 0 saturated heterocycles. The van der Waals surface area contributed by atoms with E-state index < -0.39 is 5.76 Å². The summed E-state index contributed by atoms with van der Waals surface area (Å²) >= 11 is 9.99. The largest absolute Gasteiger partial charge is 0.380 e. The van der Waals surface area contributed by atoms with Crippen molar-refractivity contribution >= 4 is 45.0 Å². The maximum Gasteiger partial charge on any atom is 0.288 e. The first-order valence-electron chi connectivity index (χ1n) is 5.78. The van der Waals surface area contributed by atoms with Gasteiger partial charge in [0, 0.05) is 26.6 Å². The Balaban J connectivity index is 2.10. The van der Waals surface area contributed by atoms with E-state index >= 15 is 0 Å². The summed E-state index contributed by atoms with van der Waals surface area (Å²) in [5.74, 6) is -2.44. The minimum absolute atomic E-state index is 0.479. The summed E-state index contributed by atoms with van der Waals surface area (Å²) in [6.45, 7) is 0.479. The lowest BCUT2D eigenvalue weighted by molar-refractivity contribution is 0.252. The number of rotatable bonds is 5. The van der Waals surface area contributed by atoms with E-state index in [-0.39, 0.29) is 0 Å². The van der Waals surface area contributed by atoms with Gasteiger partial charge in [-0.1, -0.05) is 57.5 Å². The second-order valence-corrected chi connectivity index (χ2v) is 6.32. The normalized spacial score (nSPS) is 10.8. The molecule has 20 heavy (non-hydrogen) atoms. The number of hydrogen-bond acceptors (Lipinski definition) is 2. The van der Waals surface area contributed by atoms with E-state index in [0.717, 1.165) is 10.0 Å². The van der Waals surface area contributed by atoms with Gasteiger partial charge in [-0.05, 0) is 29.8 Å². The lowest BCUT2D eigenvalue weighted by Crippen LogP contribution is -2.01. The number of anilines is 1. The summed E-state index contributed by atoms with van der Waals surface area (Å²) in [4.78, 5) is 0.524. The maximum absolute atomic E-state index is 12.5. The van der Waals surface area contributed by atoms with Crippen molar-refractivity contribution in [1.82, 2.24) is 0 Å². The summed E-state index contributed by atoms with van der Waals surface area (Å²) in [5.41, 5.74) is 1.59. The number of hydrogen-bond donors (Lipinski definition) is 1. The smallest absolute Gasteiger partial charge is 0.288 e. The minimum atomic E-state index is -2.44. The Labute approximate surface area is 133 Å². The molecule has 0 radical (unpaired) electrons. The lowest BCUT2D eigenvalue weighted by Gasteiger charge is -2.12. The van der Waals surface area contributed by atoms with Crippen molar-refractivity contribution in [2.24, 2.45) is 0 Å². The van der Waals surface area contributed by atoms with Crippen molar-refractivity contribution in [3.63, 3.8) is 0 Å². The standard InChI is InChI=1S/C14H11BrClF2NS/c15-10-6-5-9(11(16)7-10)8-19-12-3-1-2-4-13(12)20-14(17)18/h1-7,14,19H,8H2. The van der Waals surface area contributed by atoms with Gasteiger partial charge in [0.15, 0.2) is 0 Å². The average Bonchev–Trinajstić information content (AvgIpc) is 2.39. The van der Waals surface area contributed by atoms with Gasteiger partial charge in [-0.3, -0.25) is 0 Å².